The Kier molecular flexibility index (Phi) is 2.44. The fraction of sp³-hybridized carbons (Fsp3) is 0.111. The van der Waals surface area contributed by atoms with Crippen LogP contribution in [-0.4, -0.2) is 14.8 Å². The Morgan fingerprint density at radius 1 is 1.29 bits per heavy atom. The molecule has 0 atom stereocenters. The molecule has 0 radical (unpaired) electrons. The van der Waals surface area contributed by atoms with Crippen LogP contribution < -0.4 is 0 Å². The molecule has 2 aromatic heterocycles. The van der Waals surface area contributed by atoms with Crippen LogP contribution in [0.1, 0.15) is 5.69 Å². The number of pyridine rings is 1. The first-order chi connectivity index (χ1) is 6.65. The molecule has 0 saturated heterocycles. The predicted octanol–water partition coefficient (Wildman–Crippen LogP) is 2.88. The van der Waals surface area contributed by atoms with Gasteiger partial charge >= 0.3 is 0 Å². The van der Waals surface area contributed by atoms with E-state index in [0.29, 0.717) is 16.0 Å². The standard InChI is InChI=1S/C9H7Cl2N3/c1-6-2-3-14(13-6)9-5-7(10)4-8(11)12-9/h2-5H,1H3. The van der Waals surface area contributed by atoms with E-state index in [2.05, 4.69) is 10.1 Å². The van der Waals surface area contributed by atoms with Crippen LogP contribution in [0.4, 0.5) is 0 Å². The highest BCUT2D eigenvalue weighted by atomic mass is 35.5. The molecule has 0 spiro atoms. The summed E-state index contributed by atoms with van der Waals surface area (Å²) in [6.45, 7) is 1.91. The Labute approximate surface area is 91.3 Å². The van der Waals surface area contributed by atoms with E-state index in [1.54, 1.807) is 16.8 Å². The van der Waals surface area contributed by atoms with Crippen molar-refractivity contribution >= 4 is 23.2 Å². The molecule has 0 N–H and O–H groups in total. The van der Waals surface area contributed by atoms with Gasteiger partial charge in [-0.1, -0.05) is 23.2 Å². The fourth-order valence-electron chi connectivity index (χ4n) is 1.11. The summed E-state index contributed by atoms with van der Waals surface area (Å²) in [4.78, 5) is 4.10. The van der Waals surface area contributed by atoms with Crippen molar-refractivity contribution < 1.29 is 0 Å². The summed E-state index contributed by atoms with van der Waals surface area (Å²) in [6.07, 6.45) is 1.81. The number of hydrogen-bond donors (Lipinski definition) is 0. The highest BCUT2D eigenvalue weighted by Gasteiger charge is 2.02. The van der Waals surface area contributed by atoms with Gasteiger partial charge in [-0.05, 0) is 19.1 Å². The minimum absolute atomic E-state index is 0.362. The van der Waals surface area contributed by atoms with Crippen molar-refractivity contribution in [3.63, 3.8) is 0 Å². The number of rotatable bonds is 1. The van der Waals surface area contributed by atoms with Crippen molar-refractivity contribution in [1.29, 1.82) is 0 Å². The Hall–Kier alpha value is -1.06. The summed E-state index contributed by atoms with van der Waals surface area (Å²) in [6, 6.07) is 5.18. The van der Waals surface area contributed by atoms with Gasteiger partial charge in [0.1, 0.15) is 5.15 Å². The Balaban J connectivity index is 2.51. The van der Waals surface area contributed by atoms with E-state index >= 15 is 0 Å². The van der Waals surface area contributed by atoms with Crippen molar-refractivity contribution in [1.82, 2.24) is 14.8 Å². The third kappa shape index (κ3) is 1.89. The van der Waals surface area contributed by atoms with Gasteiger partial charge in [-0.15, -0.1) is 0 Å². The Bertz CT molecular complexity index is 445. The molecule has 0 aromatic carbocycles. The maximum absolute atomic E-state index is 5.84. The molecule has 0 amide bonds. The maximum atomic E-state index is 5.84. The molecule has 0 unspecified atom stereocenters. The first-order valence-corrected chi connectivity index (χ1v) is 4.76. The lowest BCUT2D eigenvalue weighted by Crippen LogP contribution is -1.98. The second kappa shape index (κ2) is 3.59. The molecule has 0 aliphatic heterocycles. The zero-order chi connectivity index (χ0) is 10.1. The van der Waals surface area contributed by atoms with Crippen LogP contribution in [0, 0.1) is 6.92 Å². The van der Waals surface area contributed by atoms with Gasteiger partial charge in [0.15, 0.2) is 5.82 Å². The number of halogens is 2. The number of aryl methyl sites for hydroxylation is 1. The molecule has 2 heterocycles. The van der Waals surface area contributed by atoms with Gasteiger partial charge in [0.2, 0.25) is 0 Å². The highest BCUT2D eigenvalue weighted by Crippen LogP contribution is 2.17. The Morgan fingerprint density at radius 2 is 2.07 bits per heavy atom. The SMILES string of the molecule is Cc1ccn(-c2cc(Cl)cc(Cl)n2)n1. The van der Waals surface area contributed by atoms with Gasteiger partial charge in [-0.2, -0.15) is 5.10 Å². The molecule has 0 bridgehead atoms. The normalized spacial score (nSPS) is 10.5. The minimum atomic E-state index is 0.362. The van der Waals surface area contributed by atoms with Gasteiger partial charge in [-0.25, -0.2) is 9.67 Å². The van der Waals surface area contributed by atoms with Gasteiger partial charge in [0, 0.05) is 17.3 Å². The van der Waals surface area contributed by atoms with Gasteiger partial charge in [0.25, 0.3) is 0 Å². The number of hydrogen-bond acceptors (Lipinski definition) is 2. The lowest BCUT2D eigenvalue weighted by Gasteiger charge is -2.01. The summed E-state index contributed by atoms with van der Waals surface area (Å²) in [5.74, 6) is 0.621. The van der Waals surface area contributed by atoms with E-state index in [0.717, 1.165) is 5.69 Å². The fourth-order valence-corrected chi connectivity index (χ4v) is 1.57. The third-order valence-corrected chi connectivity index (χ3v) is 2.11. The quantitative estimate of drug-likeness (QED) is 0.702. The number of nitrogens with zero attached hydrogens (tertiary/aromatic N) is 3. The van der Waals surface area contributed by atoms with Crippen LogP contribution in [0.5, 0.6) is 0 Å². The van der Waals surface area contributed by atoms with Crippen LogP contribution in [0.2, 0.25) is 10.2 Å². The monoisotopic (exact) mass is 227 g/mol. The first kappa shape index (κ1) is 9.49. The average molecular weight is 228 g/mol. The second-order valence-corrected chi connectivity index (χ2v) is 3.69. The van der Waals surface area contributed by atoms with Crippen LogP contribution in [0.15, 0.2) is 24.4 Å². The molecule has 0 aliphatic carbocycles. The molecule has 14 heavy (non-hydrogen) atoms. The van der Waals surface area contributed by atoms with Crippen LogP contribution in [0.3, 0.4) is 0 Å². The molecular formula is C9H7Cl2N3. The molecule has 5 heteroatoms. The highest BCUT2D eigenvalue weighted by molar-refractivity contribution is 6.34. The zero-order valence-corrected chi connectivity index (χ0v) is 8.92. The molecule has 2 aromatic rings. The molecule has 3 nitrogen and oxygen atoms in total. The van der Waals surface area contributed by atoms with Crippen LogP contribution in [-0.2, 0) is 0 Å². The van der Waals surface area contributed by atoms with Crippen LogP contribution in [0.25, 0.3) is 5.82 Å². The largest absolute Gasteiger partial charge is 0.222 e. The molecule has 0 saturated carbocycles. The molecule has 0 fully saturated rings. The lowest BCUT2D eigenvalue weighted by molar-refractivity contribution is 0.832. The van der Waals surface area contributed by atoms with Gasteiger partial charge in [0.05, 0.1) is 5.69 Å². The van der Waals surface area contributed by atoms with E-state index in [1.807, 2.05) is 19.2 Å². The summed E-state index contributed by atoms with van der Waals surface area (Å²) >= 11 is 11.6. The predicted molar refractivity (Wildman–Crippen MR) is 56.1 cm³/mol. The minimum Gasteiger partial charge on any atom is -0.222 e. The van der Waals surface area contributed by atoms with Gasteiger partial charge < -0.3 is 0 Å². The average Bonchev–Trinajstić information content (AvgIpc) is 2.50. The summed E-state index contributed by atoms with van der Waals surface area (Å²) in [5.41, 5.74) is 0.919. The van der Waals surface area contributed by atoms with E-state index < -0.39 is 0 Å². The van der Waals surface area contributed by atoms with Crippen molar-refractivity contribution in [2.75, 3.05) is 0 Å². The van der Waals surface area contributed by atoms with E-state index in [9.17, 15) is 0 Å². The zero-order valence-electron chi connectivity index (χ0n) is 7.41. The topological polar surface area (TPSA) is 30.7 Å². The molecular weight excluding hydrogens is 221 g/mol. The lowest BCUT2D eigenvalue weighted by atomic mass is 10.4. The van der Waals surface area contributed by atoms with Crippen LogP contribution >= 0.6 is 23.2 Å². The van der Waals surface area contributed by atoms with Crippen molar-refractivity contribution in [3.8, 4) is 5.82 Å². The smallest absolute Gasteiger partial charge is 0.156 e. The van der Waals surface area contributed by atoms with Crippen molar-refractivity contribution in [2.45, 2.75) is 6.92 Å². The summed E-state index contributed by atoms with van der Waals surface area (Å²) in [7, 11) is 0. The second-order valence-electron chi connectivity index (χ2n) is 2.87. The third-order valence-electron chi connectivity index (χ3n) is 1.70. The maximum Gasteiger partial charge on any atom is 0.156 e. The Morgan fingerprint density at radius 3 is 2.64 bits per heavy atom. The van der Waals surface area contributed by atoms with Crippen molar-refractivity contribution in [3.05, 3.63) is 40.3 Å². The van der Waals surface area contributed by atoms with Gasteiger partial charge in [-0.3, -0.25) is 0 Å². The summed E-state index contributed by atoms with van der Waals surface area (Å²) < 4.78 is 1.63. The molecule has 0 aliphatic rings. The summed E-state index contributed by atoms with van der Waals surface area (Å²) in [5, 5.41) is 5.11. The number of aromatic nitrogens is 3. The van der Waals surface area contributed by atoms with E-state index in [4.69, 9.17) is 23.2 Å². The molecule has 2 rings (SSSR count). The molecule has 72 valence electrons. The van der Waals surface area contributed by atoms with E-state index in [-0.39, 0.29) is 0 Å². The van der Waals surface area contributed by atoms with Crippen molar-refractivity contribution in [2.24, 2.45) is 0 Å². The van der Waals surface area contributed by atoms with E-state index in [1.165, 1.54) is 0 Å². The first-order valence-electron chi connectivity index (χ1n) is 4.01.